The third kappa shape index (κ3) is 2.96. The van der Waals surface area contributed by atoms with Crippen LogP contribution in [0.1, 0.15) is 12.0 Å². The zero-order chi connectivity index (χ0) is 14.9. The van der Waals surface area contributed by atoms with Crippen molar-refractivity contribution in [2.45, 2.75) is 19.4 Å². The molecule has 2 N–H and O–H groups in total. The number of carboxylic acids is 1. The van der Waals surface area contributed by atoms with Gasteiger partial charge in [0.1, 0.15) is 5.82 Å². The quantitative estimate of drug-likeness (QED) is 0.878. The van der Waals surface area contributed by atoms with Crippen LogP contribution in [0.5, 0.6) is 0 Å². The van der Waals surface area contributed by atoms with Gasteiger partial charge in [-0.3, -0.25) is 4.79 Å². The van der Waals surface area contributed by atoms with Crippen LogP contribution in [0, 0.1) is 12.7 Å². The average Bonchev–Trinajstić information content (AvgIpc) is 2.85. The highest BCUT2D eigenvalue weighted by Crippen LogP contribution is 2.24. The topological polar surface area (TPSA) is 88.0 Å². The smallest absolute Gasteiger partial charge is 0.353 e. The second kappa shape index (κ2) is 5.58. The van der Waals surface area contributed by atoms with Crippen LogP contribution in [0.2, 0.25) is 0 Å². The Balaban J connectivity index is 2.07. The number of amides is 1. The zero-order valence-corrected chi connectivity index (χ0v) is 11.9. The molecule has 0 aromatic heterocycles. The lowest BCUT2D eigenvalue weighted by Gasteiger charge is -2.12. The highest BCUT2D eigenvalue weighted by Gasteiger charge is 2.31. The monoisotopic (exact) mass is 344 g/mol. The van der Waals surface area contributed by atoms with E-state index in [1.807, 2.05) is 0 Å². The summed E-state index contributed by atoms with van der Waals surface area (Å²) in [5.41, 5.74) is 0.732. The lowest BCUT2D eigenvalue weighted by atomic mass is 10.1. The number of carbonyl (C=O) groups excluding carboxylic acids is 1. The van der Waals surface area contributed by atoms with Gasteiger partial charge in [0.2, 0.25) is 6.10 Å². The molecular weight excluding hydrogens is 335 g/mol. The van der Waals surface area contributed by atoms with Crippen LogP contribution in [0.25, 0.3) is 0 Å². The number of rotatable bonds is 3. The first-order chi connectivity index (χ1) is 9.38. The highest BCUT2D eigenvalue weighted by atomic mass is 79.9. The van der Waals surface area contributed by atoms with Crippen molar-refractivity contribution in [1.82, 2.24) is 0 Å². The van der Waals surface area contributed by atoms with Gasteiger partial charge < -0.3 is 15.3 Å². The van der Waals surface area contributed by atoms with Crippen LogP contribution < -0.4 is 5.32 Å². The Labute approximate surface area is 121 Å². The molecule has 0 radical (unpaired) electrons. The zero-order valence-electron chi connectivity index (χ0n) is 10.3. The molecule has 1 atom stereocenters. The third-order valence-corrected chi connectivity index (χ3v) is 3.34. The molecule has 1 aliphatic heterocycles. The molecule has 0 spiro atoms. The summed E-state index contributed by atoms with van der Waals surface area (Å²) in [5.74, 6) is -2.32. The Morgan fingerprint density at radius 1 is 1.55 bits per heavy atom. The molecule has 1 aromatic carbocycles. The van der Waals surface area contributed by atoms with Gasteiger partial charge in [0, 0.05) is 12.1 Å². The van der Waals surface area contributed by atoms with Gasteiger partial charge in [-0.15, -0.1) is 0 Å². The maximum absolute atomic E-state index is 13.4. The van der Waals surface area contributed by atoms with E-state index in [0.29, 0.717) is 15.7 Å². The van der Waals surface area contributed by atoms with E-state index in [4.69, 9.17) is 9.94 Å². The molecule has 0 saturated heterocycles. The molecule has 1 aliphatic rings. The van der Waals surface area contributed by atoms with E-state index in [-0.39, 0.29) is 12.1 Å². The van der Waals surface area contributed by atoms with Crippen LogP contribution in [0.15, 0.2) is 21.8 Å². The third-order valence-electron chi connectivity index (χ3n) is 2.73. The predicted molar refractivity (Wildman–Crippen MR) is 72.0 cm³/mol. The molecule has 0 aliphatic carbocycles. The fraction of sp³-hybridized carbons (Fsp3) is 0.250. The Morgan fingerprint density at radius 2 is 2.25 bits per heavy atom. The summed E-state index contributed by atoms with van der Waals surface area (Å²) in [4.78, 5) is 27.3. The maximum atomic E-state index is 13.4. The fourth-order valence-corrected chi connectivity index (χ4v) is 2.10. The number of oxime groups is 1. The predicted octanol–water partition coefficient (Wildman–Crippen LogP) is 2.06. The maximum Gasteiger partial charge on any atom is 0.353 e. The van der Waals surface area contributed by atoms with E-state index in [9.17, 15) is 14.0 Å². The van der Waals surface area contributed by atoms with Gasteiger partial charge in [0.05, 0.1) is 4.47 Å². The van der Waals surface area contributed by atoms with Gasteiger partial charge in [0.15, 0.2) is 5.71 Å². The first-order valence-corrected chi connectivity index (χ1v) is 6.40. The number of carbonyl (C=O) groups is 2. The molecule has 1 unspecified atom stereocenters. The van der Waals surface area contributed by atoms with Crippen molar-refractivity contribution in [3.05, 3.63) is 28.0 Å². The number of hydrogen-bond acceptors (Lipinski definition) is 4. The van der Waals surface area contributed by atoms with Crippen molar-refractivity contribution in [2.24, 2.45) is 5.16 Å². The van der Waals surface area contributed by atoms with Gasteiger partial charge in [-0.05, 0) is 40.5 Å². The fourth-order valence-electron chi connectivity index (χ4n) is 1.64. The molecule has 1 aromatic rings. The molecule has 8 heteroatoms. The van der Waals surface area contributed by atoms with Crippen molar-refractivity contribution in [3.63, 3.8) is 0 Å². The van der Waals surface area contributed by atoms with E-state index in [1.165, 1.54) is 12.1 Å². The van der Waals surface area contributed by atoms with Crippen LogP contribution in [-0.4, -0.2) is 28.8 Å². The normalized spacial score (nSPS) is 17.4. The number of aryl methyl sites for hydroxylation is 1. The Bertz CT molecular complexity index is 618. The molecule has 0 saturated carbocycles. The molecule has 20 heavy (non-hydrogen) atoms. The molecule has 0 bridgehead atoms. The molecule has 0 fully saturated rings. The number of benzene rings is 1. The number of nitrogens with one attached hydrogen (secondary N) is 1. The van der Waals surface area contributed by atoms with Crippen LogP contribution >= 0.6 is 15.9 Å². The second-order valence-electron chi connectivity index (χ2n) is 4.21. The Morgan fingerprint density at radius 3 is 2.85 bits per heavy atom. The summed E-state index contributed by atoms with van der Waals surface area (Å²) in [6.45, 7) is 1.70. The van der Waals surface area contributed by atoms with Gasteiger partial charge >= 0.3 is 5.97 Å². The summed E-state index contributed by atoms with van der Waals surface area (Å²) in [7, 11) is 0. The molecule has 2 rings (SSSR count). The van der Waals surface area contributed by atoms with Crippen molar-refractivity contribution in [1.29, 1.82) is 0 Å². The molecular formula is C12H10BrFN2O4. The van der Waals surface area contributed by atoms with Crippen molar-refractivity contribution in [3.8, 4) is 0 Å². The van der Waals surface area contributed by atoms with E-state index < -0.39 is 23.8 Å². The molecule has 106 valence electrons. The number of halogens is 2. The average molecular weight is 345 g/mol. The van der Waals surface area contributed by atoms with Gasteiger partial charge in [-0.25, -0.2) is 9.18 Å². The minimum atomic E-state index is -1.23. The lowest BCUT2D eigenvalue weighted by Crippen LogP contribution is -2.29. The summed E-state index contributed by atoms with van der Waals surface area (Å²) in [6, 6.07) is 2.70. The van der Waals surface area contributed by atoms with E-state index in [1.54, 1.807) is 6.92 Å². The highest BCUT2D eigenvalue weighted by molar-refractivity contribution is 9.10. The number of nitrogens with zero attached hydrogens (tertiary/aromatic N) is 1. The number of hydrogen-bond donors (Lipinski definition) is 2. The van der Waals surface area contributed by atoms with E-state index in [2.05, 4.69) is 26.4 Å². The summed E-state index contributed by atoms with van der Waals surface area (Å²) in [5, 5.41) is 14.5. The largest absolute Gasteiger partial charge is 0.477 e. The van der Waals surface area contributed by atoms with Crippen molar-refractivity contribution in [2.75, 3.05) is 5.32 Å². The van der Waals surface area contributed by atoms with Crippen molar-refractivity contribution < 1.29 is 23.9 Å². The Kier molecular flexibility index (Phi) is 4.03. The summed E-state index contributed by atoms with van der Waals surface area (Å²) in [6.07, 6.45) is -1.15. The number of aliphatic carboxylic acids is 1. The second-order valence-corrected chi connectivity index (χ2v) is 5.07. The molecule has 6 nitrogen and oxygen atoms in total. The minimum absolute atomic E-state index is 0.126. The first kappa shape index (κ1) is 14.4. The minimum Gasteiger partial charge on any atom is -0.477 e. The number of carboxylic acid groups (broad SMARTS) is 1. The molecule has 1 amide bonds. The van der Waals surface area contributed by atoms with Gasteiger partial charge in [-0.1, -0.05) is 5.16 Å². The summed E-state index contributed by atoms with van der Waals surface area (Å²) < 4.78 is 13.7. The Hall–Kier alpha value is -1.96. The van der Waals surface area contributed by atoms with Gasteiger partial charge in [-0.2, -0.15) is 0 Å². The van der Waals surface area contributed by atoms with Crippen molar-refractivity contribution >= 4 is 39.2 Å². The van der Waals surface area contributed by atoms with Crippen LogP contribution in [0.4, 0.5) is 10.1 Å². The van der Waals surface area contributed by atoms with Crippen LogP contribution in [0.3, 0.4) is 0 Å². The SMILES string of the molecule is Cc1cc(Br)c(F)cc1NC(=O)C1CC(C(=O)O)=NO1. The van der Waals surface area contributed by atoms with Gasteiger partial charge in [0.25, 0.3) is 5.91 Å². The van der Waals surface area contributed by atoms with E-state index >= 15 is 0 Å². The van der Waals surface area contributed by atoms with Crippen LogP contribution in [-0.2, 0) is 14.4 Å². The molecule has 1 heterocycles. The standard InChI is InChI=1S/C12H10BrFN2O4/c1-5-2-6(13)7(14)3-8(5)15-11(17)10-4-9(12(18)19)16-20-10/h2-3,10H,4H2,1H3,(H,15,17)(H,18,19). The lowest BCUT2D eigenvalue weighted by molar-refractivity contribution is -0.129. The first-order valence-electron chi connectivity index (χ1n) is 5.61. The van der Waals surface area contributed by atoms with E-state index in [0.717, 1.165) is 0 Å². The number of anilines is 1. The summed E-state index contributed by atoms with van der Waals surface area (Å²) >= 11 is 3.04.